The molecule has 0 spiro atoms. The quantitative estimate of drug-likeness (QED) is 0.237. The van der Waals surface area contributed by atoms with Crippen molar-refractivity contribution in [1.82, 2.24) is 4.98 Å². The Balaban J connectivity index is 0.000000425. The Kier molecular flexibility index (Phi) is 9.78. The zero-order valence-electron chi connectivity index (χ0n) is 16.7. The third-order valence-electron chi connectivity index (χ3n) is 4.30. The molecular weight excluding hydrogens is 526 g/mol. The van der Waals surface area contributed by atoms with Gasteiger partial charge in [0.15, 0.2) is 5.78 Å². The molecule has 0 saturated carbocycles. The molecule has 0 fully saturated rings. The molecule has 1 aromatic heterocycles. The number of fused-ring (bicyclic) bond motifs is 1. The number of pyridine rings is 1. The van der Waals surface area contributed by atoms with Gasteiger partial charge in [0.1, 0.15) is 0 Å². The van der Waals surface area contributed by atoms with Gasteiger partial charge in [-0.15, -0.1) is 35.4 Å². The van der Waals surface area contributed by atoms with Gasteiger partial charge in [-0.3, -0.25) is 9.78 Å². The van der Waals surface area contributed by atoms with Gasteiger partial charge in [-0.05, 0) is 31.0 Å². The number of allylic oxidation sites excluding steroid dienone is 2. The van der Waals surface area contributed by atoms with Gasteiger partial charge in [-0.25, -0.2) is 0 Å². The molecule has 0 bridgehead atoms. The normalized spacial score (nSPS) is 11.8. The number of hydrogen-bond donors (Lipinski definition) is 1. The number of para-hydroxylation sites is 1. The predicted octanol–water partition coefficient (Wildman–Crippen LogP) is 6.25. The van der Waals surface area contributed by atoms with E-state index in [1.54, 1.807) is 0 Å². The van der Waals surface area contributed by atoms with Crippen molar-refractivity contribution in [3.05, 3.63) is 78.1 Å². The van der Waals surface area contributed by atoms with Gasteiger partial charge in [0, 0.05) is 26.2 Å². The summed E-state index contributed by atoms with van der Waals surface area (Å²) in [6.45, 7) is 7.31. The predicted molar refractivity (Wildman–Crippen MR) is 112 cm³/mol. The Bertz CT molecular complexity index is 929. The number of nitrogens with zero attached hydrogens (tertiary/aromatic N) is 1. The van der Waals surface area contributed by atoms with Crippen LogP contribution in [0.5, 0.6) is 0 Å². The Morgan fingerprint density at radius 3 is 2.39 bits per heavy atom. The Morgan fingerprint density at radius 2 is 1.86 bits per heavy atom. The van der Waals surface area contributed by atoms with Crippen LogP contribution in [-0.4, -0.2) is 15.9 Å². The Hall–Kier alpha value is -2.29. The number of carbonyl (C=O) groups excluding carboxylic acids is 1. The van der Waals surface area contributed by atoms with Gasteiger partial charge in [-0.2, -0.15) is 0 Å². The fourth-order valence-electron chi connectivity index (χ4n) is 2.65. The van der Waals surface area contributed by atoms with Gasteiger partial charge in [0.25, 0.3) is 0 Å². The number of aliphatic hydroxyl groups excluding tert-OH is 1. The molecule has 1 atom stereocenters. The molecule has 3 nitrogen and oxygen atoms in total. The molecule has 1 N–H and O–H groups in total. The standard InChI is InChI=1S/C19H18N.C5H8O2.Ir/c1-3-14(2)15-8-10-17(11-9-15)19-13-12-16-6-4-5-7-18(16)20-19;1-4(6)3-5(2)7;/h4-10,12-14H,3H2,1-2H3;3,6H,1-2H3;/q-1;;/b;4-3-;. The average molecular weight is 553 g/mol. The minimum absolute atomic E-state index is 0. The van der Waals surface area contributed by atoms with Crippen LogP contribution in [0.2, 0.25) is 0 Å². The Morgan fingerprint density at radius 1 is 1.14 bits per heavy atom. The van der Waals surface area contributed by atoms with Crippen molar-refractivity contribution in [2.75, 3.05) is 0 Å². The van der Waals surface area contributed by atoms with Crippen LogP contribution in [0.4, 0.5) is 0 Å². The molecule has 2 aromatic carbocycles. The average Bonchev–Trinajstić information content (AvgIpc) is 2.66. The summed E-state index contributed by atoms with van der Waals surface area (Å²) in [6, 6.07) is 22.2. The number of ketones is 1. The van der Waals surface area contributed by atoms with Crippen molar-refractivity contribution in [3.8, 4) is 11.3 Å². The van der Waals surface area contributed by atoms with Gasteiger partial charge >= 0.3 is 0 Å². The first kappa shape index (κ1) is 23.7. The van der Waals surface area contributed by atoms with E-state index in [-0.39, 0.29) is 31.6 Å². The maximum atomic E-state index is 10.0. The van der Waals surface area contributed by atoms with Crippen molar-refractivity contribution < 1.29 is 30.0 Å². The number of rotatable bonds is 4. The summed E-state index contributed by atoms with van der Waals surface area (Å²) >= 11 is 0. The first-order valence-corrected chi connectivity index (χ1v) is 9.16. The molecular formula is C24H26IrNO2-. The van der Waals surface area contributed by atoms with Gasteiger partial charge in [0.2, 0.25) is 0 Å². The number of hydrogen-bond acceptors (Lipinski definition) is 3. The van der Waals surface area contributed by atoms with Gasteiger partial charge in [0.05, 0.1) is 11.3 Å². The first-order chi connectivity index (χ1) is 12.9. The summed E-state index contributed by atoms with van der Waals surface area (Å²) in [4.78, 5) is 14.7. The molecule has 0 aliphatic rings. The molecule has 0 aliphatic heterocycles. The van der Waals surface area contributed by atoms with Crippen LogP contribution in [0, 0.1) is 6.07 Å². The van der Waals surface area contributed by atoms with E-state index < -0.39 is 0 Å². The first-order valence-electron chi connectivity index (χ1n) is 9.16. The van der Waals surface area contributed by atoms with Crippen molar-refractivity contribution in [2.24, 2.45) is 0 Å². The van der Waals surface area contributed by atoms with E-state index in [0.717, 1.165) is 23.2 Å². The molecule has 3 rings (SSSR count). The minimum Gasteiger partial charge on any atom is -0.512 e. The van der Waals surface area contributed by atoms with Crippen LogP contribution in [0.15, 0.2) is 66.4 Å². The zero-order chi connectivity index (χ0) is 19.8. The molecule has 28 heavy (non-hydrogen) atoms. The second-order valence-electron chi connectivity index (χ2n) is 6.63. The fraction of sp³-hybridized carbons (Fsp3) is 0.250. The number of benzene rings is 2. The monoisotopic (exact) mass is 553 g/mol. The van der Waals surface area contributed by atoms with Crippen molar-refractivity contribution in [3.63, 3.8) is 0 Å². The van der Waals surface area contributed by atoms with Crippen molar-refractivity contribution in [1.29, 1.82) is 0 Å². The maximum absolute atomic E-state index is 10.0. The summed E-state index contributed by atoms with van der Waals surface area (Å²) in [5, 5.41) is 9.54. The van der Waals surface area contributed by atoms with E-state index in [2.05, 4.69) is 56.3 Å². The molecule has 1 radical (unpaired) electrons. The summed E-state index contributed by atoms with van der Waals surface area (Å²) in [6.07, 6.45) is 2.32. The molecule has 3 aromatic rings. The van der Waals surface area contributed by atoms with E-state index in [1.807, 2.05) is 18.2 Å². The molecule has 1 unspecified atom stereocenters. The van der Waals surface area contributed by atoms with Crippen LogP contribution in [0.1, 0.15) is 45.6 Å². The maximum Gasteiger partial charge on any atom is 0.155 e. The molecule has 0 amide bonds. The largest absolute Gasteiger partial charge is 0.512 e. The summed E-state index contributed by atoms with van der Waals surface area (Å²) in [5.41, 5.74) is 4.42. The second kappa shape index (κ2) is 11.5. The van der Waals surface area contributed by atoms with Crippen molar-refractivity contribution >= 4 is 16.7 Å². The van der Waals surface area contributed by atoms with Crippen LogP contribution in [0.25, 0.3) is 22.2 Å². The van der Waals surface area contributed by atoms with Crippen LogP contribution >= 0.6 is 0 Å². The number of aromatic nitrogens is 1. The number of aliphatic hydroxyl groups is 1. The van der Waals surface area contributed by atoms with E-state index >= 15 is 0 Å². The van der Waals surface area contributed by atoms with E-state index in [0.29, 0.717) is 5.92 Å². The number of carbonyl (C=O) groups is 1. The molecule has 1 heterocycles. The van der Waals surface area contributed by atoms with Crippen LogP contribution < -0.4 is 0 Å². The van der Waals surface area contributed by atoms with Crippen LogP contribution in [-0.2, 0) is 24.9 Å². The third kappa shape index (κ3) is 7.03. The Labute approximate surface area is 180 Å². The second-order valence-corrected chi connectivity index (χ2v) is 6.63. The summed E-state index contributed by atoms with van der Waals surface area (Å²) in [7, 11) is 0. The van der Waals surface area contributed by atoms with E-state index in [9.17, 15) is 4.79 Å². The molecule has 4 heteroatoms. The smallest absolute Gasteiger partial charge is 0.155 e. The summed E-state index contributed by atoms with van der Waals surface area (Å²) < 4.78 is 0. The van der Waals surface area contributed by atoms with Crippen molar-refractivity contribution in [2.45, 2.75) is 40.0 Å². The molecule has 0 aliphatic carbocycles. The molecule has 0 saturated heterocycles. The van der Waals surface area contributed by atoms with Gasteiger partial charge in [-0.1, -0.05) is 56.5 Å². The van der Waals surface area contributed by atoms with Gasteiger partial charge < -0.3 is 5.11 Å². The van der Waals surface area contributed by atoms with Crippen LogP contribution in [0.3, 0.4) is 0 Å². The van der Waals surface area contributed by atoms with E-state index in [1.165, 1.54) is 30.9 Å². The topological polar surface area (TPSA) is 50.2 Å². The fourth-order valence-corrected chi connectivity index (χ4v) is 2.65. The summed E-state index contributed by atoms with van der Waals surface area (Å²) in [5.74, 6) is 0.525. The van der Waals surface area contributed by atoms with E-state index in [4.69, 9.17) is 10.1 Å². The molecule has 149 valence electrons. The zero-order valence-corrected chi connectivity index (χ0v) is 19.1. The third-order valence-corrected chi connectivity index (χ3v) is 4.30. The SMILES string of the molecule is CC(=O)/C=C(/C)O.CCC(C)c1c[c-]c(-c2ccc3ccccc3n2)cc1.[Ir]. The minimum atomic E-state index is -0.125.